The number of nitrogens with zero attached hydrogens (tertiary/aromatic N) is 1. The molecular weight excluding hydrogens is 1120 g/mol. The van der Waals surface area contributed by atoms with Crippen LogP contribution in [0.2, 0.25) is 0 Å². The number of nitrogens with one attached hydrogen (secondary N) is 1. The van der Waals surface area contributed by atoms with Crippen LogP contribution in [-0.4, -0.2) is 74.3 Å². The monoisotopic (exact) mass is 1260 g/mol. The van der Waals surface area contributed by atoms with Crippen molar-refractivity contribution in [1.82, 2.24) is 5.32 Å². The van der Waals surface area contributed by atoms with Crippen molar-refractivity contribution < 1.29 is 37.3 Å². The highest BCUT2D eigenvalue weighted by atomic mass is 31.2. The van der Waals surface area contributed by atoms with Gasteiger partial charge in [-0.3, -0.25) is 18.6 Å². The average molecular weight is 1260 g/mol. The SMILES string of the molecule is CC/C=C\C/C=C\C/C=C\C/C=C\C/C=C\CCCCCCCCCCCC(=O)OC(/C=C/CCCCCCCCCCCCC)C(COP(=O)(O)OCC[N+](C)(C)C)NC(=O)CCCCCCCCCCCCCC/C=C\C/C=C\C/C=C\CCCCC. The topological polar surface area (TPSA) is 111 Å². The molecule has 0 radical (unpaired) electrons. The highest BCUT2D eigenvalue weighted by molar-refractivity contribution is 7.47. The molecule has 3 atom stereocenters. The van der Waals surface area contributed by atoms with Crippen molar-refractivity contribution >= 4 is 19.7 Å². The fourth-order valence-corrected chi connectivity index (χ4v) is 11.2. The number of phosphoric acid groups is 1. The van der Waals surface area contributed by atoms with E-state index in [4.69, 9.17) is 13.8 Å². The fraction of sp³-hybridized carbons (Fsp3) is 0.747. The van der Waals surface area contributed by atoms with Gasteiger partial charge in [0.2, 0.25) is 5.91 Å². The molecule has 514 valence electrons. The molecule has 3 unspecified atom stereocenters. The molecular formula is C79H142N2O7P+. The van der Waals surface area contributed by atoms with Gasteiger partial charge >= 0.3 is 13.8 Å². The first-order valence-electron chi connectivity index (χ1n) is 37.2. The Morgan fingerprint density at radius 3 is 1.10 bits per heavy atom. The van der Waals surface area contributed by atoms with Crippen molar-refractivity contribution in [3.8, 4) is 0 Å². The van der Waals surface area contributed by atoms with E-state index < -0.39 is 20.0 Å². The molecule has 0 saturated heterocycles. The van der Waals surface area contributed by atoms with Crippen LogP contribution < -0.4 is 5.32 Å². The molecule has 2 N–H and O–H groups in total. The van der Waals surface area contributed by atoms with Gasteiger partial charge in [0.25, 0.3) is 0 Å². The van der Waals surface area contributed by atoms with E-state index in [1.807, 2.05) is 33.3 Å². The highest BCUT2D eigenvalue weighted by Crippen LogP contribution is 2.43. The quantitative estimate of drug-likeness (QED) is 0.0205. The average Bonchev–Trinajstić information content (AvgIpc) is 3.54. The molecule has 9 nitrogen and oxygen atoms in total. The summed E-state index contributed by atoms with van der Waals surface area (Å²) in [6.07, 6.45) is 93.8. The van der Waals surface area contributed by atoms with E-state index in [0.717, 1.165) is 116 Å². The summed E-state index contributed by atoms with van der Waals surface area (Å²) in [6.45, 7) is 6.89. The Kier molecular flexibility index (Phi) is 65.0. The second kappa shape index (κ2) is 67.6. The lowest BCUT2D eigenvalue weighted by Crippen LogP contribution is -2.47. The summed E-state index contributed by atoms with van der Waals surface area (Å²) in [5.74, 6) is -0.510. The molecule has 0 rings (SSSR count). The van der Waals surface area contributed by atoms with Crippen molar-refractivity contribution in [1.29, 1.82) is 0 Å². The number of hydrogen-bond acceptors (Lipinski definition) is 6. The minimum atomic E-state index is -4.47. The summed E-state index contributed by atoms with van der Waals surface area (Å²) in [7, 11) is 1.49. The largest absolute Gasteiger partial charge is 0.472 e. The third-order valence-corrected chi connectivity index (χ3v) is 17.2. The molecule has 1 amide bonds. The van der Waals surface area contributed by atoms with E-state index in [9.17, 15) is 19.0 Å². The lowest BCUT2D eigenvalue weighted by molar-refractivity contribution is -0.870. The third-order valence-electron chi connectivity index (χ3n) is 16.2. The van der Waals surface area contributed by atoms with Gasteiger partial charge in [-0.05, 0) is 115 Å². The summed E-state index contributed by atoms with van der Waals surface area (Å²) in [4.78, 5) is 38.0. The Morgan fingerprint density at radius 2 is 0.719 bits per heavy atom. The number of phosphoric ester groups is 1. The number of likely N-dealkylation sites (N-methyl/N-ethyl adjacent to an activating group) is 1. The molecule has 0 aliphatic heterocycles. The minimum absolute atomic E-state index is 0.0349. The lowest BCUT2D eigenvalue weighted by Gasteiger charge is -2.27. The van der Waals surface area contributed by atoms with E-state index in [-0.39, 0.29) is 31.5 Å². The van der Waals surface area contributed by atoms with Gasteiger partial charge in [-0.2, -0.15) is 0 Å². The Hall–Kier alpha value is -3.33. The molecule has 0 fully saturated rings. The van der Waals surface area contributed by atoms with Gasteiger partial charge in [-0.1, -0.05) is 310 Å². The number of unbranched alkanes of at least 4 members (excludes halogenated alkanes) is 35. The number of carbonyl (C=O) groups excluding carboxylic acids is 2. The van der Waals surface area contributed by atoms with Crippen LogP contribution in [0.3, 0.4) is 0 Å². The summed E-state index contributed by atoms with van der Waals surface area (Å²) < 4.78 is 30.9. The molecule has 0 aliphatic rings. The zero-order chi connectivity index (χ0) is 64.9. The van der Waals surface area contributed by atoms with Crippen LogP contribution in [0.1, 0.15) is 329 Å². The number of rotatable bonds is 67. The van der Waals surface area contributed by atoms with Crippen LogP contribution in [0.4, 0.5) is 0 Å². The highest BCUT2D eigenvalue weighted by Gasteiger charge is 2.30. The summed E-state index contributed by atoms with van der Waals surface area (Å²) in [6, 6.07) is -0.860. The first kappa shape index (κ1) is 85.7. The minimum Gasteiger partial charge on any atom is -0.456 e. The fourth-order valence-electron chi connectivity index (χ4n) is 10.5. The van der Waals surface area contributed by atoms with Crippen LogP contribution in [0.5, 0.6) is 0 Å². The summed E-state index contributed by atoms with van der Waals surface area (Å²) >= 11 is 0. The van der Waals surface area contributed by atoms with Gasteiger partial charge in [-0.15, -0.1) is 0 Å². The molecule has 0 aromatic heterocycles. The third kappa shape index (κ3) is 68.9. The molecule has 10 heteroatoms. The van der Waals surface area contributed by atoms with Crippen molar-refractivity contribution in [2.75, 3.05) is 40.9 Å². The normalized spacial score (nSPS) is 14.1. The number of allylic oxidation sites excluding steroid dienone is 17. The van der Waals surface area contributed by atoms with E-state index in [1.165, 1.54) is 180 Å². The zero-order valence-corrected chi connectivity index (χ0v) is 59.8. The first-order valence-corrected chi connectivity index (χ1v) is 38.7. The standard InChI is InChI=1S/C79H141N2O7P/c1-7-10-13-16-19-22-25-28-30-32-34-36-38-40-42-44-46-48-50-53-56-59-62-65-68-71-78(82)80-76(75-87-89(84,85)86-74-73-81(4,5)6)77(70-67-64-61-58-55-52-27-24-21-18-15-12-9-3)88-79(83)72-69-66-63-60-57-54-51-49-47-45-43-41-39-37-35-33-31-29-26-23-20-17-14-11-8-2/h11,14,19-20,22-23,28-31,34-37,41,43,67,70,76-77H,7-10,12-13,15-18,21,24-27,32-33,38-40,42,44-66,68-69,71-75H2,1-6H3,(H-,80,82,84,85)/p+1/b14-11-,22-19-,23-20-,30-28-,31-29-,36-34-,37-35-,43-41-,70-67+. The van der Waals surface area contributed by atoms with Crippen molar-refractivity contribution in [3.63, 3.8) is 0 Å². The van der Waals surface area contributed by atoms with E-state index in [0.29, 0.717) is 17.4 Å². The van der Waals surface area contributed by atoms with Crippen LogP contribution in [0, 0.1) is 0 Å². The molecule has 0 bridgehead atoms. The Balaban J connectivity index is 5.08. The van der Waals surface area contributed by atoms with E-state index >= 15 is 0 Å². The van der Waals surface area contributed by atoms with Gasteiger partial charge in [0, 0.05) is 12.8 Å². The number of esters is 1. The molecule has 0 heterocycles. The number of quaternary nitrogens is 1. The smallest absolute Gasteiger partial charge is 0.456 e. The Labute approximate surface area is 551 Å². The predicted molar refractivity (Wildman–Crippen MR) is 387 cm³/mol. The maximum absolute atomic E-state index is 13.7. The van der Waals surface area contributed by atoms with Gasteiger partial charge in [-0.25, -0.2) is 4.57 Å². The number of ether oxygens (including phenoxy) is 1. The van der Waals surface area contributed by atoms with Gasteiger partial charge in [0.15, 0.2) is 0 Å². The number of carbonyl (C=O) groups is 2. The van der Waals surface area contributed by atoms with Gasteiger partial charge in [0.05, 0.1) is 33.8 Å². The molecule has 0 aromatic rings. The van der Waals surface area contributed by atoms with Crippen LogP contribution >= 0.6 is 7.82 Å². The van der Waals surface area contributed by atoms with Gasteiger partial charge in [0.1, 0.15) is 19.3 Å². The van der Waals surface area contributed by atoms with Gasteiger partial charge < -0.3 is 19.4 Å². The van der Waals surface area contributed by atoms with E-state index in [2.05, 4.69) is 123 Å². The van der Waals surface area contributed by atoms with Crippen LogP contribution in [-0.2, 0) is 27.9 Å². The summed E-state index contributed by atoms with van der Waals surface area (Å²) in [5, 5.41) is 3.08. The van der Waals surface area contributed by atoms with Crippen LogP contribution in [0.15, 0.2) is 109 Å². The number of amides is 1. The van der Waals surface area contributed by atoms with Crippen molar-refractivity contribution in [2.45, 2.75) is 341 Å². The lowest BCUT2D eigenvalue weighted by atomic mass is 10.0. The second-order valence-corrected chi connectivity index (χ2v) is 27.5. The Bertz CT molecular complexity index is 1890. The second-order valence-electron chi connectivity index (χ2n) is 26.1. The molecule has 0 saturated carbocycles. The zero-order valence-electron chi connectivity index (χ0n) is 58.9. The number of hydrogen-bond donors (Lipinski definition) is 2. The van der Waals surface area contributed by atoms with Crippen molar-refractivity contribution in [3.05, 3.63) is 109 Å². The van der Waals surface area contributed by atoms with Crippen molar-refractivity contribution in [2.24, 2.45) is 0 Å². The summed E-state index contributed by atoms with van der Waals surface area (Å²) in [5.41, 5.74) is 0. The van der Waals surface area contributed by atoms with E-state index in [1.54, 1.807) is 0 Å². The Morgan fingerprint density at radius 1 is 0.404 bits per heavy atom. The maximum atomic E-state index is 13.7. The molecule has 0 aliphatic carbocycles. The van der Waals surface area contributed by atoms with Crippen LogP contribution in [0.25, 0.3) is 0 Å². The molecule has 0 spiro atoms. The predicted octanol–water partition coefficient (Wildman–Crippen LogP) is 24.0. The molecule has 89 heavy (non-hydrogen) atoms. The maximum Gasteiger partial charge on any atom is 0.472 e. The first-order chi connectivity index (χ1) is 43.4. The molecule has 0 aromatic carbocycles.